The zero-order valence-electron chi connectivity index (χ0n) is 12.5. The number of ether oxygens (including phenoxy) is 2. The summed E-state index contributed by atoms with van der Waals surface area (Å²) in [5.74, 6) is 1.03. The number of hydrogen-bond donors (Lipinski definition) is 1. The van der Waals surface area contributed by atoms with E-state index in [2.05, 4.69) is 0 Å². The van der Waals surface area contributed by atoms with E-state index in [0.29, 0.717) is 24.5 Å². The molecular weight excluding hydrogens is 278 g/mol. The second-order valence-corrected chi connectivity index (χ2v) is 5.46. The smallest absolute Gasteiger partial charge is 0.232 e. The van der Waals surface area contributed by atoms with Gasteiger partial charge in [-0.1, -0.05) is 36.4 Å². The Bertz CT molecular complexity index is 651. The largest absolute Gasteiger partial charge is 0.457 e. The van der Waals surface area contributed by atoms with Crippen LogP contribution in [-0.2, 0) is 14.9 Å². The first-order valence-electron chi connectivity index (χ1n) is 7.36. The van der Waals surface area contributed by atoms with Crippen molar-refractivity contribution in [2.75, 3.05) is 13.7 Å². The summed E-state index contributed by atoms with van der Waals surface area (Å²) in [5.41, 5.74) is 6.67. The van der Waals surface area contributed by atoms with Crippen LogP contribution in [0.2, 0.25) is 0 Å². The van der Waals surface area contributed by atoms with Gasteiger partial charge in [0.15, 0.2) is 0 Å². The number of para-hydroxylation sites is 2. The van der Waals surface area contributed by atoms with Crippen molar-refractivity contribution in [2.24, 2.45) is 5.73 Å². The first-order chi connectivity index (χ1) is 10.7. The lowest BCUT2D eigenvalue weighted by Gasteiger charge is -2.37. The average molecular weight is 297 g/mol. The predicted octanol–water partition coefficient (Wildman–Crippen LogP) is 2.99. The van der Waals surface area contributed by atoms with E-state index in [1.54, 1.807) is 7.11 Å². The first kappa shape index (κ1) is 14.6. The molecule has 2 N–H and O–H groups in total. The maximum absolute atomic E-state index is 12.5. The van der Waals surface area contributed by atoms with Crippen LogP contribution in [0.15, 0.2) is 48.5 Å². The fourth-order valence-corrected chi connectivity index (χ4v) is 3.22. The monoisotopic (exact) mass is 297 g/mol. The Labute approximate surface area is 129 Å². The van der Waals surface area contributed by atoms with Gasteiger partial charge in [0, 0.05) is 24.8 Å². The van der Waals surface area contributed by atoms with Crippen LogP contribution in [0.4, 0.5) is 0 Å². The maximum atomic E-state index is 12.5. The van der Waals surface area contributed by atoms with Gasteiger partial charge in [0.25, 0.3) is 0 Å². The quantitative estimate of drug-likeness (QED) is 0.863. The Balaban J connectivity index is 2.20. The van der Waals surface area contributed by atoms with Gasteiger partial charge in [-0.15, -0.1) is 0 Å². The van der Waals surface area contributed by atoms with Gasteiger partial charge in [-0.2, -0.15) is 0 Å². The second kappa shape index (κ2) is 5.81. The fourth-order valence-electron chi connectivity index (χ4n) is 3.22. The summed E-state index contributed by atoms with van der Waals surface area (Å²) in [4.78, 5) is 12.5. The zero-order valence-corrected chi connectivity index (χ0v) is 12.5. The number of carbonyl (C=O) groups excluding carboxylic acids is 1. The lowest BCUT2D eigenvalue weighted by molar-refractivity contribution is -0.122. The number of fused-ring (bicyclic) bond motifs is 2. The number of primary amides is 1. The van der Waals surface area contributed by atoms with Crippen molar-refractivity contribution < 1.29 is 14.3 Å². The van der Waals surface area contributed by atoms with Crippen molar-refractivity contribution in [1.29, 1.82) is 0 Å². The Morgan fingerprint density at radius 3 is 2.14 bits per heavy atom. The van der Waals surface area contributed by atoms with Crippen molar-refractivity contribution >= 4 is 5.91 Å². The van der Waals surface area contributed by atoms with Crippen LogP contribution >= 0.6 is 0 Å². The number of nitrogens with two attached hydrogens (primary N) is 1. The highest BCUT2D eigenvalue weighted by Crippen LogP contribution is 2.50. The van der Waals surface area contributed by atoms with Crippen LogP contribution in [-0.4, -0.2) is 19.6 Å². The minimum atomic E-state index is -0.871. The molecule has 1 heterocycles. The number of amides is 1. The molecule has 0 radical (unpaired) electrons. The molecule has 22 heavy (non-hydrogen) atoms. The minimum absolute atomic E-state index is 0.355. The zero-order chi connectivity index (χ0) is 15.6. The van der Waals surface area contributed by atoms with E-state index in [1.165, 1.54) is 0 Å². The number of hydrogen-bond acceptors (Lipinski definition) is 3. The standard InChI is InChI=1S/C18H19NO3/c1-21-12-6-11-18(17(19)20)13-7-2-4-9-15(13)22-16-10-5-3-8-14(16)18/h2-5,7-10H,6,11-12H2,1H3,(H2,19,20). The molecule has 1 aliphatic heterocycles. The van der Waals surface area contributed by atoms with Gasteiger partial charge in [0.1, 0.15) is 16.9 Å². The van der Waals surface area contributed by atoms with Crippen molar-refractivity contribution in [3.8, 4) is 11.5 Å². The molecule has 0 spiro atoms. The minimum Gasteiger partial charge on any atom is -0.457 e. The van der Waals surface area contributed by atoms with Gasteiger partial charge in [0.2, 0.25) is 5.91 Å². The molecule has 4 heteroatoms. The number of benzene rings is 2. The molecule has 0 unspecified atom stereocenters. The predicted molar refractivity (Wildman–Crippen MR) is 84.0 cm³/mol. The van der Waals surface area contributed by atoms with Gasteiger partial charge in [-0.25, -0.2) is 0 Å². The van der Waals surface area contributed by atoms with E-state index in [-0.39, 0.29) is 5.91 Å². The van der Waals surface area contributed by atoms with E-state index in [0.717, 1.165) is 17.5 Å². The lowest BCUT2D eigenvalue weighted by Crippen LogP contribution is -2.44. The topological polar surface area (TPSA) is 61.5 Å². The molecule has 0 atom stereocenters. The number of methoxy groups -OCH3 is 1. The Hall–Kier alpha value is -2.33. The van der Waals surface area contributed by atoms with Gasteiger partial charge < -0.3 is 15.2 Å². The molecule has 114 valence electrons. The van der Waals surface area contributed by atoms with Gasteiger partial charge in [-0.05, 0) is 25.0 Å². The van der Waals surface area contributed by atoms with Crippen molar-refractivity contribution in [3.05, 3.63) is 59.7 Å². The van der Waals surface area contributed by atoms with Crippen LogP contribution in [0, 0.1) is 0 Å². The molecule has 0 saturated carbocycles. The molecule has 1 aliphatic rings. The molecule has 0 fully saturated rings. The van der Waals surface area contributed by atoms with Crippen LogP contribution in [0.1, 0.15) is 24.0 Å². The van der Waals surface area contributed by atoms with Crippen molar-refractivity contribution in [3.63, 3.8) is 0 Å². The summed E-state index contributed by atoms with van der Waals surface area (Å²) < 4.78 is 11.1. The fraction of sp³-hybridized carbons (Fsp3) is 0.278. The van der Waals surface area contributed by atoms with Crippen LogP contribution < -0.4 is 10.5 Å². The third-order valence-electron chi connectivity index (χ3n) is 4.23. The van der Waals surface area contributed by atoms with E-state index in [4.69, 9.17) is 15.2 Å². The van der Waals surface area contributed by atoms with E-state index < -0.39 is 5.41 Å². The van der Waals surface area contributed by atoms with Crippen LogP contribution in [0.5, 0.6) is 11.5 Å². The highest BCUT2D eigenvalue weighted by atomic mass is 16.5. The van der Waals surface area contributed by atoms with E-state index in [1.807, 2.05) is 48.5 Å². The molecule has 0 saturated heterocycles. The Kier molecular flexibility index (Phi) is 3.86. The SMILES string of the molecule is COCCCC1(C(N)=O)c2ccccc2Oc2ccccc21. The summed E-state index contributed by atoms with van der Waals surface area (Å²) in [7, 11) is 1.66. The highest BCUT2D eigenvalue weighted by molar-refractivity contribution is 5.93. The summed E-state index contributed by atoms with van der Waals surface area (Å²) in [6, 6.07) is 15.2. The van der Waals surface area contributed by atoms with Crippen molar-refractivity contribution in [2.45, 2.75) is 18.3 Å². The summed E-state index contributed by atoms with van der Waals surface area (Å²) >= 11 is 0. The first-order valence-corrected chi connectivity index (χ1v) is 7.36. The Morgan fingerprint density at radius 1 is 1.09 bits per heavy atom. The van der Waals surface area contributed by atoms with Crippen LogP contribution in [0.3, 0.4) is 0 Å². The maximum Gasteiger partial charge on any atom is 0.232 e. The average Bonchev–Trinajstić information content (AvgIpc) is 2.54. The third-order valence-corrected chi connectivity index (χ3v) is 4.23. The second-order valence-electron chi connectivity index (χ2n) is 5.46. The lowest BCUT2D eigenvalue weighted by atomic mass is 9.69. The van der Waals surface area contributed by atoms with Crippen molar-refractivity contribution in [1.82, 2.24) is 0 Å². The molecule has 2 aromatic carbocycles. The van der Waals surface area contributed by atoms with E-state index >= 15 is 0 Å². The third kappa shape index (κ3) is 2.16. The van der Waals surface area contributed by atoms with Gasteiger partial charge in [-0.3, -0.25) is 4.79 Å². The normalized spacial score (nSPS) is 14.6. The number of carbonyl (C=O) groups is 1. The molecule has 4 nitrogen and oxygen atoms in total. The highest BCUT2D eigenvalue weighted by Gasteiger charge is 2.46. The number of rotatable bonds is 5. The molecule has 0 aromatic heterocycles. The van der Waals surface area contributed by atoms with Crippen LogP contribution in [0.25, 0.3) is 0 Å². The molecule has 2 aromatic rings. The summed E-state index contributed by atoms with van der Waals surface area (Å²) in [6.07, 6.45) is 1.33. The summed E-state index contributed by atoms with van der Waals surface area (Å²) in [5, 5.41) is 0. The molecule has 0 aliphatic carbocycles. The summed E-state index contributed by atoms with van der Waals surface area (Å²) in [6.45, 7) is 0.584. The van der Waals surface area contributed by atoms with E-state index in [9.17, 15) is 4.79 Å². The Morgan fingerprint density at radius 2 is 1.64 bits per heavy atom. The molecule has 0 bridgehead atoms. The molecular formula is C18H19NO3. The molecule has 3 rings (SSSR count). The van der Waals surface area contributed by atoms with Gasteiger partial charge in [0.05, 0.1) is 0 Å². The molecule has 1 amide bonds. The van der Waals surface area contributed by atoms with Gasteiger partial charge >= 0.3 is 0 Å².